The third-order valence-electron chi connectivity index (χ3n) is 2.43. The molecule has 1 fully saturated rings. The van der Waals surface area contributed by atoms with Gasteiger partial charge in [-0.3, -0.25) is 0 Å². The van der Waals surface area contributed by atoms with Crippen molar-refractivity contribution in [2.24, 2.45) is 0 Å². The highest BCUT2D eigenvalue weighted by molar-refractivity contribution is 8.06. The number of nitrogens with zero attached hydrogens (tertiary/aromatic N) is 2. The lowest BCUT2D eigenvalue weighted by atomic mass is 10.5. The van der Waals surface area contributed by atoms with Crippen molar-refractivity contribution in [3.8, 4) is 0 Å². The van der Waals surface area contributed by atoms with Crippen LogP contribution < -0.4 is 5.32 Å². The van der Waals surface area contributed by atoms with Gasteiger partial charge in [0, 0.05) is 48.0 Å². The highest BCUT2D eigenvalue weighted by Crippen LogP contribution is 2.24. The van der Waals surface area contributed by atoms with Crippen molar-refractivity contribution < 1.29 is 0 Å². The molecule has 0 spiro atoms. The summed E-state index contributed by atoms with van der Waals surface area (Å²) in [6, 6.07) is 0. The highest BCUT2D eigenvalue weighted by Gasteiger charge is 2.14. The van der Waals surface area contributed by atoms with E-state index in [1.807, 2.05) is 12.4 Å². The standard InChI is InChI=1S/C10H17N3S2/c1-2-13-4-3-11-10(13)12-7-9-8-14-5-6-15-9/h3-4,9H,2,5-8H2,1H3,(H,11,12). The van der Waals surface area contributed by atoms with Crippen molar-refractivity contribution in [3.63, 3.8) is 0 Å². The van der Waals surface area contributed by atoms with Gasteiger partial charge >= 0.3 is 0 Å². The number of aromatic nitrogens is 2. The normalized spacial score (nSPS) is 21.5. The lowest BCUT2D eigenvalue weighted by Crippen LogP contribution is -2.24. The molecule has 84 valence electrons. The molecule has 1 unspecified atom stereocenters. The van der Waals surface area contributed by atoms with Gasteiger partial charge in [0.2, 0.25) is 5.95 Å². The van der Waals surface area contributed by atoms with Crippen LogP contribution in [0, 0.1) is 0 Å². The second kappa shape index (κ2) is 5.70. The Balaban J connectivity index is 1.81. The van der Waals surface area contributed by atoms with Gasteiger partial charge in [-0.25, -0.2) is 4.98 Å². The van der Waals surface area contributed by atoms with Gasteiger partial charge < -0.3 is 9.88 Å². The van der Waals surface area contributed by atoms with E-state index in [4.69, 9.17) is 0 Å². The summed E-state index contributed by atoms with van der Waals surface area (Å²) in [6.45, 7) is 4.15. The first-order valence-electron chi connectivity index (χ1n) is 5.34. The molecule has 2 rings (SSSR count). The van der Waals surface area contributed by atoms with E-state index >= 15 is 0 Å². The Morgan fingerprint density at radius 1 is 1.60 bits per heavy atom. The summed E-state index contributed by atoms with van der Waals surface area (Å²) in [7, 11) is 0. The molecule has 1 aromatic rings. The summed E-state index contributed by atoms with van der Waals surface area (Å²) in [5, 5.41) is 4.17. The number of thioether (sulfide) groups is 2. The van der Waals surface area contributed by atoms with Gasteiger partial charge in [-0.1, -0.05) is 0 Å². The summed E-state index contributed by atoms with van der Waals surface area (Å²) >= 11 is 4.14. The Morgan fingerprint density at radius 3 is 3.27 bits per heavy atom. The SMILES string of the molecule is CCn1ccnc1NCC1CSCCS1. The number of hydrogen-bond acceptors (Lipinski definition) is 4. The number of imidazole rings is 1. The Kier molecular flexibility index (Phi) is 4.26. The van der Waals surface area contributed by atoms with E-state index in [1.54, 1.807) is 0 Å². The van der Waals surface area contributed by atoms with Crippen LogP contribution >= 0.6 is 23.5 Å². The fraction of sp³-hybridized carbons (Fsp3) is 0.700. The maximum Gasteiger partial charge on any atom is 0.202 e. The van der Waals surface area contributed by atoms with Gasteiger partial charge in [0.05, 0.1) is 0 Å². The van der Waals surface area contributed by atoms with Gasteiger partial charge in [-0.05, 0) is 6.92 Å². The quantitative estimate of drug-likeness (QED) is 0.878. The van der Waals surface area contributed by atoms with Gasteiger partial charge in [-0.2, -0.15) is 23.5 Å². The fourth-order valence-corrected chi connectivity index (χ4v) is 4.20. The van der Waals surface area contributed by atoms with Crippen LogP contribution in [0.15, 0.2) is 12.4 Å². The molecule has 0 saturated carbocycles. The van der Waals surface area contributed by atoms with Gasteiger partial charge in [0.25, 0.3) is 0 Å². The summed E-state index contributed by atoms with van der Waals surface area (Å²) in [5.74, 6) is 4.88. The molecule has 0 amide bonds. The van der Waals surface area contributed by atoms with E-state index in [-0.39, 0.29) is 0 Å². The maximum atomic E-state index is 4.31. The third-order valence-corrected chi connectivity index (χ3v) is 5.27. The summed E-state index contributed by atoms with van der Waals surface area (Å²) < 4.78 is 2.14. The Morgan fingerprint density at radius 2 is 2.53 bits per heavy atom. The molecule has 1 atom stereocenters. The first-order chi connectivity index (χ1) is 7.40. The zero-order valence-corrected chi connectivity index (χ0v) is 10.6. The van der Waals surface area contributed by atoms with E-state index in [9.17, 15) is 0 Å². The van der Waals surface area contributed by atoms with Crippen LogP contribution in [-0.4, -0.2) is 38.6 Å². The van der Waals surface area contributed by atoms with Crippen molar-refractivity contribution >= 4 is 29.5 Å². The molecule has 0 aliphatic carbocycles. The molecule has 3 nitrogen and oxygen atoms in total. The Bertz CT molecular complexity index is 295. The Labute approximate surface area is 99.4 Å². The zero-order chi connectivity index (χ0) is 10.5. The number of anilines is 1. The van der Waals surface area contributed by atoms with Crippen LogP contribution in [0.4, 0.5) is 5.95 Å². The smallest absolute Gasteiger partial charge is 0.202 e. The number of rotatable bonds is 4. The average molecular weight is 243 g/mol. The molecule has 0 bridgehead atoms. The summed E-state index contributed by atoms with van der Waals surface area (Å²) in [4.78, 5) is 4.31. The van der Waals surface area contributed by atoms with Gasteiger partial charge in [0.1, 0.15) is 0 Å². The summed E-state index contributed by atoms with van der Waals surface area (Å²) in [5.41, 5.74) is 0. The van der Waals surface area contributed by atoms with Crippen molar-refractivity contribution in [1.29, 1.82) is 0 Å². The van der Waals surface area contributed by atoms with Crippen molar-refractivity contribution in [2.45, 2.75) is 18.7 Å². The molecule has 1 saturated heterocycles. The largest absolute Gasteiger partial charge is 0.355 e. The van der Waals surface area contributed by atoms with Crippen molar-refractivity contribution in [2.75, 3.05) is 29.1 Å². The monoisotopic (exact) mass is 243 g/mol. The van der Waals surface area contributed by atoms with E-state index in [0.29, 0.717) is 0 Å². The Hall–Kier alpha value is -0.290. The molecule has 15 heavy (non-hydrogen) atoms. The predicted molar refractivity (Wildman–Crippen MR) is 70.0 cm³/mol. The average Bonchev–Trinajstić information content (AvgIpc) is 2.75. The topological polar surface area (TPSA) is 29.9 Å². The van der Waals surface area contributed by atoms with Crippen molar-refractivity contribution in [3.05, 3.63) is 12.4 Å². The number of hydrogen-bond donors (Lipinski definition) is 1. The van der Waals surface area contributed by atoms with Crippen LogP contribution in [0.3, 0.4) is 0 Å². The lowest BCUT2D eigenvalue weighted by molar-refractivity contribution is 0.762. The predicted octanol–water partition coefficient (Wildman–Crippen LogP) is 2.16. The molecule has 2 heterocycles. The van der Waals surface area contributed by atoms with E-state index < -0.39 is 0 Å². The minimum atomic E-state index is 0.741. The lowest BCUT2D eigenvalue weighted by Gasteiger charge is -2.21. The zero-order valence-electron chi connectivity index (χ0n) is 8.98. The highest BCUT2D eigenvalue weighted by atomic mass is 32.2. The van der Waals surface area contributed by atoms with E-state index in [0.717, 1.165) is 24.3 Å². The molecular formula is C10H17N3S2. The third kappa shape index (κ3) is 3.08. The number of aryl methyl sites for hydroxylation is 1. The van der Waals surface area contributed by atoms with Crippen LogP contribution in [0.5, 0.6) is 0 Å². The molecule has 0 radical (unpaired) electrons. The molecule has 0 aromatic carbocycles. The maximum absolute atomic E-state index is 4.31. The second-order valence-electron chi connectivity index (χ2n) is 3.49. The minimum Gasteiger partial charge on any atom is -0.355 e. The first kappa shape index (κ1) is 11.2. The molecule has 5 heteroatoms. The van der Waals surface area contributed by atoms with Gasteiger partial charge in [0.15, 0.2) is 0 Å². The van der Waals surface area contributed by atoms with E-state index in [1.165, 1.54) is 17.3 Å². The van der Waals surface area contributed by atoms with Crippen molar-refractivity contribution in [1.82, 2.24) is 9.55 Å². The molecular weight excluding hydrogens is 226 g/mol. The van der Waals surface area contributed by atoms with Crippen LogP contribution in [-0.2, 0) is 6.54 Å². The van der Waals surface area contributed by atoms with Gasteiger partial charge in [-0.15, -0.1) is 0 Å². The van der Waals surface area contributed by atoms with Crippen LogP contribution in [0.1, 0.15) is 6.92 Å². The minimum absolute atomic E-state index is 0.741. The molecule has 1 aliphatic rings. The van der Waals surface area contributed by atoms with Crippen LogP contribution in [0.2, 0.25) is 0 Å². The number of nitrogens with one attached hydrogen (secondary N) is 1. The second-order valence-corrected chi connectivity index (χ2v) is 6.04. The van der Waals surface area contributed by atoms with E-state index in [2.05, 4.69) is 45.3 Å². The first-order valence-corrected chi connectivity index (χ1v) is 7.55. The fourth-order valence-electron chi connectivity index (χ4n) is 1.59. The molecule has 1 aromatic heterocycles. The van der Waals surface area contributed by atoms with Crippen LogP contribution in [0.25, 0.3) is 0 Å². The summed E-state index contributed by atoms with van der Waals surface area (Å²) in [6.07, 6.45) is 3.87. The molecule has 1 aliphatic heterocycles. The molecule has 1 N–H and O–H groups in total.